The summed E-state index contributed by atoms with van der Waals surface area (Å²) in [4.78, 5) is 16.2. The number of carbonyl (C=O) groups is 1. The van der Waals surface area contributed by atoms with Crippen LogP contribution in [0.5, 0.6) is 5.75 Å². The number of benzene rings is 2. The summed E-state index contributed by atoms with van der Waals surface area (Å²) in [6, 6.07) is 15.8. The quantitative estimate of drug-likeness (QED) is 0.568. The standard InChI is InChI=1S/C21H22N4O2S2/c1-15-11-12-24(17-8-4-6-10-19(17)29-15)20(26)13-28-21-23-22-14-25(21)16-7-3-5-9-18(16)27-2/h3-10,14-15H,11-13H2,1-2H3. The molecule has 1 amide bonds. The van der Waals surface area contributed by atoms with Crippen LogP contribution in [-0.4, -0.2) is 45.3 Å². The fourth-order valence-electron chi connectivity index (χ4n) is 3.27. The van der Waals surface area contributed by atoms with E-state index >= 15 is 0 Å². The Hall–Kier alpha value is -2.45. The van der Waals surface area contributed by atoms with Crippen LogP contribution in [-0.2, 0) is 4.79 Å². The highest BCUT2D eigenvalue weighted by molar-refractivity contribution is 8.00. The van der Waals surface area contributed by atoms with Gasteiger partial charge in [-0.2, -0.15) is 0 Å². The number of aromatic nitrogens is 3. The smallest absolute Gasteiger partial charge is 0.237 e. The number of ether oxygens (including phenoxy) is 1. The Morgan fingerprint density at radius 2 is 1.97 bits per heavy atom. The number of hydrogen-bond acceptors (Lipinski definition) is 6. The zero-order chi connectivity index (χ0) is 20.2. The minimum absolute atomic E-state index is 0.0757. The van der Waals surface area contributed by atoms with Gasteiger partial charge in [-0.15, -0.1) is 22.0 Å². The SMILES string of the molecule is COc1ccccc1-n1cnnc1SCC(=O)N1CCC(C)Sc2ccccc21. The Labute approximate surface area is 178 Å². The molecule has 0 saturated carbocycles. The van der Waals surface area contributed by atoms with Crippen molar-refractivity contribution >= 4 is 35.1 Å². The molecule has 2 aromatic carbocycles. The summed E-state index contributed by atoms with van der Waals surface area (Å²) in [5.74, 6) is 1.10. The van der Waals surface area contributed by atoms with Crippen molar-refractivity contribution in [3.63, 3.8) is 0 Å². The van der Waals surface area contributed by atoms with Crippen LogP contribution in [0.1, 0.15) is 13.3 Å². The number of fused-ring (bicyclic) bond motifs is 1. The highest BCUT2D eigenvalue weighted by Crippen LogP contribution is 2.37. The summed E-state index contributed by atoms with van der Waals surface area (Å²) < 4.78 is 7.30. The molecular formula is C21H22N4O2S2. The van der Waals surface area contributed by atoms with Gasteiger partial charge in [-0.3, -0.25) is 9.36 Å². The molecule has 4 rings (SSSR count). The molecule has 1 aliphatic heterocycles. The van der Waals surface area contributed by atoms with Crippen LogP contribution < -0.4 is 9.64 Å². The van der Waals surface area contributed by atoms with Gasteiger partial charge in [0.2, 0.25) is 5.91 Å². The molecule has 8 heteroatoms. The number of nitrogens with zero attached hydrogens (tertiary/aromatic N) is 4. The summed E-state index contributed by atoms with van der Waals surface area (Å²) in [5, 5.41) is 9.38. The third-order valence-corrected chi connectivity index (χ3v) is 6.90. The lowest BCUT2D eigenvalue weighted by Crippen LogP contribution is -2.33. The van der Waals surface area contributed by atoms with Crippen molar-refractivity contribution in [2.24, 2.45) is 0 Å². The Bertz CT molecular complexity index is 1010. The van der Waals surface area contributed by atoms with E-state index in [1.165, 1.54) is 11.8 Å². The van der Waals surface area contributed by atoms with Crippen LogP contribution in [0.4, 0.5) is 5.69 Å². The van der Waals surface area contributed by atoms with Gasteiger partial charge in [-0.05, 0) is 30.7 Å². The molecule has 3 aromatic rings. The number of rotatable bonds is 5. The number of thioether (sulfide) groups is 2. The van der Waals surface area contributed by atoms with E-state index in [4.69, 9.17) is 4.74 Å². The van der Waals surface area contributed by atoms with E-state index in [-0.39, 0.29) is 5.91 Å². The molecule has 1 unspecified atom stereocenters. The lowest BCUT2D eigenvalue weighted by molar-refractivity contribution is -0.116. The highest BCUT2D eigenvalue weighted by atomic mass is 32.2. The Morgan fingerprint density at radius 3 is 2.79 bits per heavy atom. The van der Waals surface area contributed by atoms with Gasteiger partial charge in [0, 0.05) is 16.7 Å². The number of amides is 1. The molecule has 0 saturated heterocycles. The average molecular weight is 427 g/mol. The number of methoxy groups -OCH3 is 1. The Kier molecular flexibility index (Phi) is 6.10. The zero-order valence-corrected chi connectivity index (χ0v) is 17.9. The first-order chi connectivity index (χ1) is 14.2. The minimum atomic E-state index is 0.0757. The predicted molar refractivity (Wildman–Crippen MR) is 117 cm³/mol. The van der Waals surface area contributed by atoms with E-state index in [1.54, 1.807) is 13.4 Å². The molecule has 6 nitrogen and oxygen atoms in total. The molecule has 150 valence electrons. The van der Waals surface area contributed by atoms with Crippen LogP contribution in [0.3, 0.4) is 0 Å². The summed E-state index contributed by atoms with van der Waals surface area (Å²) >= 11 is 3.22. The van der Waals surface area contributed by atoms with Crippen molar-refractivity contribution in [1.82, 2.24) is 14.8 Å². The molecule has 1 aliphatic rings. The normalized spacial score (nSPS) is 16.2. The first-order valence-electron chi connectivity index (χ1n) is 9.39. The van der Waals surface area contributed by atoms with E-state index < -0.39 is 0 Å². The van der Waals surface area contributed by atoms with Crippen molar-refractivity contribution in [1.29, 1.82) is 0 Å². The first kappa shape index (κ1) is 19.8. The van der Waals surface area contributed by atoms with Crippen LogP contribution in [0.2, 0.25) is 0 Å². The Balaban J connectivity index is 1.52. The zero-order valence-electron chi connectivity index (χ0n) is 16.3. The number of carbonyl (C=O) groups excluding carboxylic acids is 1. The monoisotopic (exact) mass is 426 g/mol. The molecule has 29 heavy (non-hydrogen) atoms. The third kappa shape index (κ3) is 4.28. The average Bonchev–Trinajstić information content (AvgIpc) is 3.14. The highest BCUT2D eigenvalue weighted by Gasteiger charge is 2.24. The van der Waals surface area contributed by atoms with Gasteiger partial charge < -0.3 is 9.64 Å². The van der Waals surface area contributed by atoms with Crippen molar-refractivity contribution in [3.8, 4) is 11.4 Å². The van der Waals surface area contributed by atoms with Gasteiger partial charge in [0.05, 0.1) is 24.2 Å². The summed E-state index contributed by atoms with van der Waals surface area (Å²) in [6.07, 6.45) is 2.61. The van der Waals surface area contributed by atoms with Crippen molar-refractivity contribution in [3.05, 3.63) is 54.9 Å². The minimum Gasteiger partial charge on any atom is -0.495 e. The summed E-state index contributed by atoms with van der Waals surface area (Å²) in [6.45, 7) is 2.93. The molecule has 0 aliphatic carbocycles. The molecule has 2 heterocycles. The van der Waals surface area contributed by atoms with Crippen LogP contribution in [0.15, 0.2) is 64.9 Å². The lowest BCUT2D eigenvalue weighted by Gasteiger charge is -2.22. The molecule has 0 radical (unpaired) electrons. The fraction of sp³-hybridized carbons (Fsp3) is 0.286. The maximum absolute atomic E-state index is 13.1. The summed E-state index contributed by atoms with van der Waals surface area (Å²) in [5.41, 5.74) is 1.85. The second-order valence-corrected chi connectivity index (χ2v) is 9.10. The second kappa shape index (κ2) is 8.92. The lowest BCUT2D eigenvalue weighted by atomic mass is 10.2. The van der Waals surface area contributed by atoms with Gasteiger partial charge in [0.25, 0.3) is 0 Å². The number of para-hydroxylation sites is 3. The maximum atomic E-state index is 13.1. The molecule has 1 atom stereocenters. The molecule has 1 aromatic heterocycles. The third-order valence-electron chi connectivity index (χ3n) is 4.73. The number of anilines is 1. The maximum Gasteiger partial charge on any atom is 0.237 e. The largest absolute Gasteiger partial charge is 0.495 e. The molecule has 0 fully saturated rings. The van der Waals surface area contributed by atoms with E-state index in [0.717, 1.165) is 35.0 Å². The van der Waals surface area contributed by atoms with Crippen molar-refractivity contribution in [2.75, 3.05) is 24.3 Å². The second-order valence-electron chi connectivity index (χ2n) is 6.67. The van der Waals surface area contributed by atoms with E-state index in [2.05, 4.69) is 23.2 Å². The first-order valence-corrected chi connectivity index (χ1v) is 11.3. The molecule has 0 N–H and O–H groups in total. The van der Waals surface area contributed by atoms with Crippen LogP contribution in [0.25, 0.3) is 5.69 Å². The van der Waals surface area contributed by atoms with Gasteiger partial charge in [-0.25, -0.2) is 0 Å². The van der Waals surface area contributed by atoms with Gasteiger partial charge in [-0.1, -0.05) is 43.0 Å². The fourth-order valence-corrected chi connectivity index (χ4v) is 5.18. The van der Waals surface area contributed by atoms with E-state index in [1.807, 2.05) is 63.7 Å². The van der Waals surface area contributed by atoms with Gasteiger partial charge in [0.15, 0.2) is 5.16 Å². The van der Waals surface area contributed by atoms with Gasteiger partial charge in [0.1, 0.15) is 12.1 Å². The summed E-state index contributed by atoms with van der Waals surface area (Å²) in [7, 11) is 1.63. The van der Waals surface area contributed by atoms with E-state index in [9.17, 15) is 4.79 Å². The molecular weight excluding hydrogens is 404 g/mol. The van der Waals surface area contributed by atoms with Crippen molar-refractivity contribution in [2.45, 2.75) is 28.6 Å². The molecule has 0 bridgehead atoms. The number of hydrogen-bond donors (Lipinski definition) is 0. The van der Waals surface area contributed by atoms with Crippen LogP contribution >= 0.6 is 23.5 Å². The van der Waals surface area contributed by atoms with Crippen molar-refractivity contribution < 1.29 is 9.53 Å². The topological polar surface area (TPSA) is 60.2 Å². The van der Waals surface area contributed by atoms with Crippen LogP contribution in [0, 0.1) is 0 Å². The van der Waals surface area contributed by atoms with E-state index in [0.29, 0.717) is 16.2 Å². The molecule has 0 spiro atoms. The van der Waals surface area contributed by atoms with Gasteiger partial charge >= 0.3 is 0 Å². The predicted octanol–water partition coefficient (Wildman–Crippen LogP) is 4.29. The Morgan fingerprint density at radius 1 is 1.21 bits per heavy atom.